The highest BCUT2D eigenvalue weighted by molar-refractivity contribution is 5.91. The molecule has 5 nitrogen and oxygen atoms in total. The summed E-state index contributed by atoms with van der Waals surface area (Å²) in [6, 6.07) is 3.75. The Morgan fingerprint density at radius 1 is 1.18 bits per heavy atom. The number of carbonyl (C=O) groups is 1. The largest absolute Gasteiger partial charge is 0.336 e. The summed E-state index contributed by atoms with van der Waals surface area (Å²) in [7, 11) is 1.73. The number of rotatable bonds is 3. The van der Waals surface area contributed by atoms with Gasteiger partial charge < -0.3 is 4.90 Å². The van der Waals surface area contributed by atoms with E-state index in [9.17, 15) is 4.79 Å². The Labute approximate surface area is 99.2 Å². The van der Waals surface area contributed by atoms with E-state index >= 15 is 0 Å². The first-order valence-corrected chi connectivity index (χ1v) is 5.18. The lowest BCUT2D eigenvalue weighted by molar-refractivity contribution is 0.0779. The van der Waals surface area contributed by atoms with Gasteiger partial charge in [-0.15, -0.1) is 0 Å². The first-order valence-electron chi connectivity index (χ1n) is 5.18. The van der Waals surface area contributed by atoms with E-state index in [4.69, 9.17) is 0 Å². The quantitative estimate of drug-likeness (QED) is 0.790. The summed E-state index contributed by atoms with van der Waals surface area (Å²) in [6.45, 7) is 0.526. The monoisotopic (exact) mass is 228 g/mol. The van der Waals surface area contributed by atoms with Crippen LogP contribution >= 0.6 is 0 Å². The molecule has 0 atom stereocenters. The van der Waals surface area contributed by atoms with Gasteiger partial charge in [-0.25, -0.2) is 4.98 Å². The third-order valence-corrected chi connectivity index (χ3v) is 2.30. The van der Waals surface area contributed by atoms with Crippen molar-refractivity contribution in [3.8, 4) is 0 Å². The van der Waals surface area contributed by atoms with Crippen LogP contribution in [0.25, 0.3) is 0 Å². The standard InChI is InChI=1S/C12H12N4O/c1-16(9-10-2-4-13-5-3-10)12(17)11-8-14-6-7-15-11/h2-8H,9H2,1H3. The summed E-state index contributed by atoms with van der Waals surface area (Å²) in [5, 5.41) is 0. The van der Waals surface area contributed by atoms with E-state index in [2.05, 4.69) is 15.0 Å². The maximum absolute atomic E-state index is 12.0. The second kappa shape index (κ2) is 5.16. The molecule has 0 saturated heterocycles. The van der Waals surface area contributed by atoms with Gasteiger partial charge >= 0.3 is 0 Å². The van der Waals surface area contributed by atoms with E-state index in [0.29, 0.717) is 12.2 Å². The Bertz CT molecular complexity index is 486. The summed E-state index contributed by atoms with van der Waals surface area (Å²) >= 11 is 0. The lowest BCUT2D eigenvalue weighted by Crippen LogP contribution is -2.27. The third kappa shape index (κ3) is 2.84. The van der Waals surface area contributed by atoms with E-state index in [1.165, 1.54) is 12.4 Å². The zero-order valence-corrected chi connectivity index (χ0v) is 9.45. The molecule has 0 spiro atoms. The van der Waals surface area contributed by atoms with Gasteiger partial charge in [0.2, 0.25) is 0 Å². The number of carbonyl (C=O) groups excluding carboxylic acids is 1. The van der Waals surface area contributed by atoms with Gasteiger partial charge in [-0.3, -0.25) is 14.8 Å². The molecule has 0 radical (unpaired) electrons. The first kappa shape index (κ1) is 11.2. The van der Waals surface area contributed by atoms with E-state index in [-0.39, 0.29) is 5.91 Å². The maximum atomic E-state index is 12.0. The van der Waals surface area contributed by atoms with Crippen LogP contribution in [-0.4, -0.2) is 32.8 Å². The molecule has 0 aromatic carbocycles. The van der Waals surface area contributed by atoms with Crippen molar-refractivity contribution in [2.45, 2.75) is 6.54 Å². The molecule has 2 aromatic heterocycles. The fraction of sp³-hybridized carbons (Fsp3) is 0.167. The van der Waals surface area contributed by atoms with Crippen LogP contribution in [0.3, 0.4) is 0 Å². The number of amides is 1. The van der Waals surface area contributed by atoms with Crippen LogP contribution < -0.4 is 0 Å². The van der Waals surface area contributed by atoms with Crippen molar-refractivity contribution < 1.29 is 4.79 Å². The van der Waals surface area contributed by atoms with Gasteiger partial charge in [0.1, 0.15) is 5.69 Å². The Kier molecular flexibility index (Phi) is 3.40. The normalized spacial score (nSPS) is 9.94. The molecular formula is C12H12N4O. The Morgan fingerprint density at radius 2 is 1.94 bits per heavy atom. The fourth-order valence-electron chi connectivity index (χ4n) is 1.44. The van der Waals surface area contributed by atoms with Crippen LogP contribution in [-0.2, 0) is 6.54 Å². The molecule has 0 aliphatic carbocycles. The number of aromatic nitrogens is 3. The molecule has 0 fully saturated rings. The molecule has 0 bridgehead atoms. The highest BCUT2D eigenvalue weighted by Gasteiger charge is 2.12. The predicted molar refractivity (Wildman–Crippen MR) is 62.1 cm³/mol. The average Bonchev–Trinajstić information content (AvgIpc) is 2.40. The highest BCUT2D eigenvalue weighted by atomic mass is 16.2. The van der Waals surface area contributed by atoms with Gasteiger partial charge in [0.25, 0.3) is 5.91 Å². The van der Waals surface area contributed by atoms with Crippen molar-refractivity contribution in [1.82, 2.24) is 19.9 Å². The minimum Gasteiger partial charge on any atom is -0.336 e. The molecule has 2 rings (SSSR count). The highest BCUT2D eigenvalue weighted by Crippen LogP contribution is 2.04. The summed E-state index contributed by atoms with van der Waals surface area (Å²) in [4.78, 5) is 25.3. The van der Waals surface area contributed by atoms with E-state index < -0.39 is 0 Å². The number of nitrogens with zero attached hydrogens (tertiary/aromatic N) is 4. The van der Waals surface area contributed by atoms with Gasteiger partial charge in [0.05, 0.1) is 6.20 Å². The summed E-state index contributed by atoms with van der Waals surface area (Å²) in [5.74, 6) is -0.144. The summed E-state index contributed by atoms with van der Waals surface area (Å²) in [5.41, 5.74) is 1.38. The SMILES string of the molecule is CN(Cc1ccncc1)C(=O)c1cnccn1. The Hall–Kier alpha value is -2.30. The van der Waals surface area contributed by atoms with Crippen molar-refractivity contribution >= 4 is 5.91 Å². The minimum atomic E-state index is -0.144. The third-order valence-electron chi connectivity index (χ3n) is 2.30. The maximum Gasteiger partial charge on any atom is 0.274 e. The molecule has 0 N–H and O–H groups in total. The van der Waals surface area contributed by atoms with Crippen molar-refractivity contribution in [2.24, 2.45) is 0 Å². The van der Waals surface area contributed by atoms with E-state index in [1.54, 1.807) is 30.5 Å². The second-order valence-corrected chi connectivity index (χ2v) is 3.61. The molecule has 2 aromatic rings. The van der Waals surface area contributed by atoms with Crippen molar-refractivity contribution in [3.63, 3.8) is 0 Å². The zero-order chi connectivity index (χ0) is 12.1. The van der Waals surface area contributed by atoms with Gasteiger partial charge in [0, 0.05) is 38.4 Å². The summed E-state index contributed by atoms with van der Waals surface area (Å²) < 4.78 is 0. The molecule has 0 aliphatic heterocycles. The molecule has 5 heteroatoms. The van der Waals surface area contributed by atoms with Crippen LogP contribution in [0, 0.1) is 0 Å². The number of pyridine rings is 1. The topological polar surface area (TPSA) is 59.0 Å². The lowest BCUT2D eigenvalue weighted by Gasteiger charge is -2.16. The molecule has 86 valence electrons. The number of hydrogen-bond donors (Lipinski definition) is 0. The fourth-order valence-corrected chi connectivity index (χ4v) is 1.44. The Balaban J connectivity index is 2.06. The van der Waals surface area contributed by atoms with Crippen LogP contribution in [0.2, 0.25) is 0 Å². The van der Waals surface area contributed by atoms with Crippen LogP contribution in [0.1, 0.15) is 16.1 Å². The summed E-state index contributed by atoms with van der Waals surface area (Å²) in [6.07, 6.45) is 7.92. The molecule has 0 saturated carbocycles. The average molecular weight is 228 g/mol. The smallest absolute Gasteiger partial charge is 0.274 e. The number of hydrogen-bond acceptors (Lipinski definition) is 4. The predicted octanol–water partition coefficient (Wildman–Crippen LogP) is 1.14. The molecule has 2 heterocycles. The van der Waals surface area contributed by atoms with Crippen LogP contribution in [0.15, 0.2) is 43.1 Å². The first-order chi connectivity index (χ1) is 8.27. The van der Waals surface area contributed by atoms with E-state index in [1.807, 2.05) is 12.1 Å². The molecular weight excluding hydrogens is 216 g/mol. The van der Waals surface area contributed by atoms with Gasteiger partial charge in [-0.1, -0.05) is 0 Å². The molecule has 1 amide bonds. The second-order valence-electron chi connectivity index (χ2n) is 3.61. The van der Waals surface area contributed by atoms with Crippen molar-refractivity contribution in [2.75, 3.05) is 7.05 Å². The van der Waals surface area contributed by atoms with Gasteiger partial charge in [-0.2, -0.15) is 0 Å². The minimum absolute atomic E-state index is 0.144. The molecule has 0 unspecified atom stereocenters. The van der Waals surface area contributed by atoms with Crippen molar-refractivity contribution in [3.05, 3.63) is 54.4 Å². The zero-order valence-electron chi connectivity index (χ0n) is 9.45. The lowest BCUT2D eigenvalue weighted by atomic mass is 10.2. The molecule has 0 aliphatic rings. The van der Waals surface area contributed by atoms with E-state index in [0.717, 1.165) is 5.56 Å². The van der Waals surface area contributed by atoms with Gasteiger partial charge in [-0.05, 0) is 17.7 Å². The van der Waals surface area contributed by atoms with Crippen LogP contribution in [0.5, 0.6) is 0 Å². The van der Waals surface area contributed by atoms with Gasteiger partial charge in [0.15, 0.2) is 0 Å². The molecule has 17 heavy (non-hydrogen) atoms. The van der Waals surface area contributed by atoms with Crippen LogP contribution in [0.4, 0.5) is 0 Å². The van der Waals surface area contributed by atoms with Crippen molar-refractivity contribution in [1.29, 1.82) is 0 Å². The Morgan fingerprint density at radius 3 is 2.59 bits per heavy atom.